The number of carbonyl (C=O) groups is 3. The molecule has 0 bridgehead atoms. The third kappa shape index (κ3) is 9.90. The molecule has 4 rings (SSSR count). The number of hydrogen-bond acceptors (Lipinski definition) is 7. The average molecular weight is 571 g/mol. The number of nitrogens with one attached hydrogen (secondary N) is 1. The van der Waals surface area contributed by atoms with E-state index in [0.717, 1.165) is 26.2 Å². The zero-order valence-electron chi connectivity index (χ0n) is 19.4. The van der Waals surface area contributed by atoms with Crippen molar-refractivity contribution in [2.75, 3.05) is 26.2 Å². The number of carboxylic acid groups (broad SMARTS) is 2. The van der Waals surface area contributed by atoms with Crippen LogP contribution in [0.1, 0.15) is 15.2 Å². The van der Waals surface area contributed by atoms with Gasteiger partial charge in [-0.1, -0.05) is 6.07 Å². The summed E-state index contributed by atoms with van der Waals surface area (Å²) in [6.45, 7) is 4.48. The maximum absolute atomic E-state index is 12.2. The standard InChI is InChI=1S/C18H21N3O2S.2C2HF3O2/c22-18(13-3-5-19-6-4-13)20-8-14-12-23-17-11-21(10-16(14)17)9-15-2-1-7-24-15;2*3-2(4,5)1(6)7/h1-7,14,16-17H,8-12H2,(H,20,22);2*(H,6,7)/t14-,16+,17+;;/m0../s1. The molecule has 2 aromatic rings. The van der Waals surface area contributed by atoms with E-state index in [4.69, 9.17) is 24.5 Å². The summed E-state index contributed by atoms with van der Waals surface area (Å²) in [5.74, 6) is -4.63. The van der Waals surface area contributed by atoms with Crippen LogP contribution >= 0.6 is 11.3 Å². The molecule has 2 fully saturated rings. The molecule has 38 heavy (non-hydrogen) atoms. The first-order valence-corrected chi connectivity index (χ1v) is 11.7. The number of amides is 1. The summed E-state index contributed by atoms with van der Waals surface area (Å²) < 4.78 is 69.4. The van der Waals surface area contributed by atoms with Crippen molar-refractivity contribution >= 4 is 29.2 Å². The van der Waals surface area contributed by atoms with Crippen LogP contribution in [0.2, 0.25) is 0 Å². The number of aromatic nitrogens is 1. The van der Waals surface area contributed by atoms with Crippen molar-refractivity contribution in [3.63, 3.8) is 0 Å². The molecular formula is C22H23F6N3O6S. The van der Waals surface area contributed by atoms with E-state index in [1.807, 2.05) is 0 Å². The number of pyridine rings is 1. The van der Waals surface area contributed by atoms with Crippen molar-refractivity contribution in [1.29, 1.82) is 0 Å². The van der Waals surface area contributed by atoms with E-state index in [1.54, 1.807) is 35.9 Å². The second-order valence-corrected chi connectivity index (χ2v) is 9.15. The fraction of sp³-hybridized carbons (Fsp3) is 0.455. The summed E-state index contributed by atoms with van der Waals surface area (Å²) in [6.07, 6.45) is -6.57. The number of likely N-dealkylation sites (tertiary alicyclic amines) is 1. The predicted octanol–water partition coefficient (Wildman–Crippen LogP) is 3.29. The SMILES string of the molecule is O=C(NC[C@H]1CO[C@@H]2CN(Cc3cccs3)C[C@H]12)c1ccncc1.O=C(O)C(F)(F)F.O=C(O)C(F)(F)F. The summed E-state index contributed by atoms with van der Waals surface area (Å²) in [6, 6.07) is 7.76. The first kappa shape index (κ1) is 31.0. The molecule has 0 aromatic carbocycles. The molecule has 0 spiro atoms. The van der Waals surface area contributed by atoms with Crippen LogP contribution in [-0.2, 0) is 20.9 Å². The van der Waals surface area contributed by atoms with Crippen molar-refractivity contribution < 1.29 is 55.7 Å². The second kappa shape index (κ2) is 13.5. The van der Waals surface area contributed by atoms with Crippen LogP contribution in [0.5, 0.6) is 0 Å². The predicted molar refractivity (Wildman–Crippen MR) is 120 cm³/mol. The molecule has 3 N–H and O–H groups in total. The van der Waals surface area contributed by atoms with Gasteiger partial charge in [0.1, 0.15) is 0 Å². The van der Waals surface area contributed by atoms with E-state index >= 15 is 0 Å². The van der Waals surface area contributed by atoms with Crippen LogP contribution < -0.4 is 5.32 Å². The molecule has 210 valence electrons. The van der Waals surface area contributed by atoms with Gasteiger partial charge < -0.3 is 20.3 Å². The summed E-state index contributed by atoms with van der Waals surface area (Å²) in [4.78, 5) is 37.8. The molecule has 2 aliphatic heterocycles. The molecular weight excluding hydrogens is 548 g/mol. The van der Waals surface area contributed by atoms with Gasteiger partial charge >= 0.3 is 24.3 Å². The summed E-state index contributed by atoms with van der Waals surface area (Å²) in [5, 5.41) is 19.4. The molecule has 3 atom stereocenters. The van der Waals surface area contributed by atoms with E-state index in [0.29, 0.717) is 30.0 Å². The Morgan fingerprint density at radius 3 is 2.11 bits per heavy atom. The maximum Gasteiger partial charge on any atom is 0.490 e. The Labute approximate surface area is 216 Å². The minimum atomic E-state index is -5.08. The maximum atomic E-state index is 12.2. The van der Waals surface area contributed by atoms with Crippen molar-refractivity contribution in [2.45, 2.75) is 25.0 Å². The second-order valence-electron chi connectivity index (χ2n) is 8.12. The highest BCUT2D eigenvalue weighted by Gasteiger charge is 2.43. The lowest BCUT2D eigenvalue weighted by Gasteiger charge is -2.19. The molecule has 16 heteroatoms. The first-order chi connectivity index (χ1) is 17.7. The van der Waals surface area contributed by atoms with Gasteiger partial charge in [-0.15, -0.1) is 11.3 Å². The zero-order valence-corrected chi connectivity index (χ0v) is 20.2. The summed E-state index contributed by atoms with van der Waals surface area (Å²) in [5.41, 5.74) is 0.659. The monoisotopic (exact) mass is 571 g/mol. The highest BCUT2D eigenvalue weighted by molar-refractivity contribution is 7.09. The molecule has 0 saturated carbocycles. The van der Waals surface area contributed by atoms with E-state index in [1.165, 1.54) is 4.88 Å². The van der Waals surface area contributed by atoms with Crippen LogP contribution in [0.4, 0.5) is 26.3 Å². The number of nitrogens with zero attached hydrogens (tertiary/aromatic N) is 2. The number of fused-ring (bicyclic) bond motifs is 1. The minimum absolute atomic E-state index is 0.0331. The molecule has 2 aliphatic rings. The van der Waals surface area contributed by atoms with Crippen molar-refractivity contribution in [2.24, 2.45) is 11.8 Å². The lowest BCUT2D eigenvalue weighted by Crippen LogP contribution is -2.34. The average Bonchev–Trinajstić information content (AvgIpc) is 3.56. The fourth-order valence-corrected chi connectivity index (χ4v) is 4.42. The Morgan fingerprint density at radius 1 is 1.03 bits per heavy atom. The number of alkyl halides is 6. The number of rotatable bonds is 5. The normalized spacial score (nSPS) is 20.8. The van der Waals surface area contributed by atoms with Gasteiger partial charge in [0.15, 0.2) is 0 Å². The number of carboxylic acids is 2. The van der Waals surface area contributed by atoms with Crippen LogP contribution in [0, 0.1) is 11.8 Å². The van der Waals surface area contributed by atoms with E-state index in [2.05, 4.69) is 32.7 Å². The first-order valence-electron chi connectivity index (χ1n) is 10.8. The molecule has 9 nitrogen and oxygen atoms in total. The Balaban J connectivity index is 0.000000301. The van der Waals surface area contributed by atoms with Crippen LogP contribution in [0.25, 0.3) is 0 Å². The zero-order chi connectivity index (χ0) is 28.5. The Kier molecular flexibility index (Phi) is 11.0. The van der Waals surface area contributed by atoms with Gasteiger partial charge in [-0.2, -0.15) is 26.3 Å². The third-order valence-electron chi connectivity index (χ3n) is 5.43. The van der Waals surface area contributed by atoms with Crippen LogP contribution in [-0.4, -0.2) is 82.6 Å². The van der Waals surface area contributed by atoms with Crippen molar-refractivity contribution in [1.82, 2.24) is 15.2 Å². The molecule has 1 amide bonds. The molecule has 0 aliphatic carbocycles. The number of thiophene rings is 1. The third-order valence-corrected chi connectivity index (χ3v) is 6.29. The van der Waals surface area contributed by atoms with Gasteiger partial charge in [0.25, 0.3) is 5.91 Å². The Hall–Kier alpha value is -3.24. The van der Waals surface area contributed by atoms with E-state index < -0.39 is 24.3 Å². The largest absolute Gasteiger partial charge is 0.490 e. The van der Waals surface area contributed by atoms with Gasteiger partial charge in [-0.25, -0.2) is 9.59 Å². The van der Waals surface area contributed by atoms with E-state index in [-0.39, 0.29) is 5.91 Å². The lowest BCUT2D eigenvalue weighted by atomic mass is 9.93. The number of carbonyl (C=O) groups excluding carboxylic acids is 1. The topological polar surface area (TPSA) is 129 Å². The number of aliphatic carboxylic acids is 2. The molecule has 2 saturated heterocycles. The number of ether oxygens (including phenoxy) is 1. The molecule has 0 radical (unpaired) electrons. The van der Waals surface area contributed by atoms with E-state index in [9.17, 15) is 31.1 Å². The van der Waals surface area contributed by atoms with Crippen molar-refractivity contribution in [3.05, 3.63) is 52.5 Å². The fourth-order valence-electron chi connectivity index (χ4n) is 3.67. The van der Waals surface area contributed by atoms with Gasteiger partial charge in [0.2, 0.25) is 0 Å². The van der Waals surface area contributed by atoms with Gasteiger partial charge in [-0.3, -0.25) is 14.7 Å². The minimum Gasteiger partial charge on any atom is -0.475 e. The Morgan fingerprint density at radius 2 is 1.61 bits per heavy atom. The molecule has 2 aromatic heterocycles. The van der Waals surface area contributed by atoms with Gasteiger partial charge in [0, 0.05) is 60.8 Å². The summed E-state index contributed by atoms with van der Waals surface area (Å²) in [7, 11) is 0. The number of hydrogen-bond donors (Lipinski definition) is 3. The highest BCUT2D eigenvalue weighted by atomic mass is 32.1. The van der Waals surface area contributed by atoms with Crippen molar-refractivity contribution in [3.8, 4) is 0 Å². The lowest BCUT2D eigenvalue weighted by molar-refractivity contribution is -0.193. The quantitative estimate of drug-likeness (QED) is 0.467. The number of halogens is 6. The van der Waals surface area contributed by atoms with Gasteiger partial charge in [0.05, 0.1) is 12.7 Å². The van der Waals surface area contributed by atoms with Crippen LogP contribution in [0.15, 0.2) is 42.0 Å². The Bertz CT molecular complexity index is 1030. The highest BCUT2D eigenvalue weighted by Crippen LogP contribution is 2.34. The smallest absolute Gasteiger partial charge is 0.475 e. The van der Waals surface area contributed by atoms with Gasteiger partial charge in [-0.05, 0) is 23.6 Å². The molecule has 4 heterocycles. The molecule has 0 unspecified atom stereocenters. The summed E-state index contributed by atoms with van der Waals surface area (Å²) >= 11 is 1.81. The van der Waals surface area contributed by atoms with Crippen LogP contribution in [0.3, 0.4) is 0 Å².